The van der Waals surface area contributed by atoms with Crippen LogP contribution in [0.4, 0.5) is 0 Å². The summed E-state index contributed by atoms with van der Waals surface area (Å²) in [4.78, 5) is 4.45. The van der Waals surface area contributed by atoms with Gasteiger partial charge in [-0.1, -0.05) is 5.16 Å². The molecule has 2 aliphatic rings. The molecule has 1 aromatic heterocycles. The number of aromatic nitrogens is 2. The lowest BCUT2D eigenvalue weighted by atomic mass is 9.97. The van der Waals surface area contributed by atoms with Crippen LogP contribution in [0.15, 0.2) is 4.52 Å². The molecule has 2 N–H and O–H groups in total. The molecule has 3 rings (SSSR count). The van der Waals surface area contributed by atoms with Crippen molar-refractivity contribution in [3.8, 4) is 0 Å². The molecule has 94 valence electrons. The van der Waals surface area contributed by atoms with E-state index in [9.17, 15) is 0 Å². The fraction of sp³-hybridized carbons (Fsp3) is 0.833. The van der Waals surface area contributed by atoms with Crippen LogP contribution in [0, 0.1) is 11.8 Å². The van der Waals surface area contributed by atoms with Gasteiger partial charge in [-0.15, -0.1) is 0 Å². The Balaban J connectivity index is 1.81. The number of rotatable bonds is 5. The van der Waals surface area contributed by atoms with Crippen LogP contribution in [0.25, 0.3) is 0 Å². The molecule has 2 fully saturated rings. The first kappa shape index (κ1) is 11.2. The minimum Gasteiger partial charge on any atom is -0.373 e. The smallest absolute Gasteiger partial charge is 0.246 e. The predicted octanol–water partition coefficient (Wildman–Crippen LogP) is 1.75. The zero-order valence-corrected chi connectivity index (χ0v) is 10.3. The molecule has 0 spiro atoms. The van der Waals surface area contributed by atoms with Crippen LogP contribution >= 0.6 is 0 Å². The summed E-state index contributed by atoms with van der Waals surface area (Å²) >= 11 is 0. The highest BCUT2D eigenvalue weighted by Crippen LogP contribution is 2.45. The van der Waals surface area contributed by atoms with Gasteiger partial charge < -0.3 is 15.0 Å². The number of nitrogens with two attached hydrogens (primary N) is 1. The van der Waals surface area contributed by atoms with E-state index in [1.54, 1.807) is 7.11 Å². The lowest BCUT2D eigenvalue weighted by molar-refractivity contribution is 0.0751. The van der Waals surface area contributed by atoms with E-state index in [4.69, 9.17) is 15.0 Å². The average molecular weight is 237 g/mol. The van der Waals surface area contributed by atoms with Gasteiger partial charge in [-0.3, -0.25) is 0 Å². The van der Waals surface area contributed by atoms with Crippen LogP contribution in [-0.2, 0) is 10.3 Å². The van der Waals surface area contributed by atoms with E-state index in [1.165, 1.54) is 12.8 Å². The second-order valence-electron chi connectivity index (χ2n) is 5.51. The summed E-state index contributed by atoms with van der Waals surface area (Å²) < 4.78 is 10.8. The van der Waals surface area contributed by atoms with Crippen molar-refractivity contribution in [3.63, 3.8) is 0 Å². The molecule has 2 unspecified atom stereocenters. The van der Waals surface area contributed by atoms with E-state index in [1.807, 2.05) is 6.92 Å². The van der Waals surface area contributed by atoms with Crippen LogP contribution in [0.2, 0.25) is 0 Å². The highest BCUT2D eigenvalue weighted by molar-refractivity contribution is 5.09. The first-order valence-corrected chi connectivity index (χ1v) is 6.28. The van der Waals surface area contributed by atoms with Crippen molar-refractivity contribution in [2.24, 2.45) is 17.6 Å². The van der Waals surface area contributed by atoms with Crippen molar-refractivity contribution in [2.75, 3.05) is 7.11 Å². The van der Waals surface area contributed by atoms with Crippen molar-refractivity contribution in [1.82, 2.24) is 10.1 Å². The Bertz CT molecular complexity index is 408. The quantitative estimate of drug-likeness (QED) is 0.844. The SMILES string of the molecule is COC(c1noc(C(C)(N)C2CC2)n1)C1CC1. The second kappa shape index (κ2) is 3.78. The molecule has 17 heavy (non-hydrogen) atoms. The van der Waals surface area contributed by atoms with Crippen molar-refractivity contribution in [1.29, 1.82) is 0 Å². The lowest BCUT2D eigenvalue weighted by Crippen LogP contribution is -2.35. The minimum atomic E-state index is -0.479. The standard InChI is InChI=1S/C12H19N3O2/c1-12(13,8-5-6-8)11-14-10(15-17-11)9(16-2)7-3-4-7/h7-9H,3-6,13H2,1-2H3. The Morgan fingerprint density at radius 1 is 1.41 bits per heavy atom. The molecule has 5 nitrogen and oxygen atoms in total. The van der Waals surface area contributed by atoms with Gasteiger partial charge in [0, 0.05) is 7.11 Å². The molecule has 2 aliphatic carbocycles. The van der Waals surface area contributed by atoms with Crippen LogP contribution in [0.3, 0.4) is 0 Å². The molecule has 0 bridgehead atoms. The molecule has 1 aromatic rings. The van der Waals surface area contributed by atoms with Crippen molar-refractivity contribution >= 4 is 0 Å². The second-order valence-corrected chi connectivity index (χ2v) is 5.51. The van der Waals surface area contributed by atoms with Gasteiger partial charge >= 0.3 is 0 Å². The van der Waals surface area contributed by atoms with Crippen LogP contribution in [0.5, 0.6) is 0 Å². The number of hydrogen-bond donors (Lipinski definition) is 1. The van der Waals surface area contributed by atoms with Gasteiger partial charge in [-0.25, -0.2) is 0 Å². The minimum absolute atomic E-state index is 0.0255. The zero-order valence-electron chi connectivity index (χ0n) is 10.3. The van der Waals surface area contributed by atoms with Crippen molar-refractivity contribution in [3.05, 3.63) is 11.7 Å². The van der Waals surface area contributed by atoms with Crippen LogP contribution in [0.1, 0.15) is 50.4 Å². The predicted molar refractivity (Wildman–Crippen MR) is 61.0 cm³/mol. The van der Waals surface area contributed by atoms with Crippen molar-refractivity contribution in [2.45, 2.75) is 44.2 Å². The molecule has 5 heteroatoms. The maximum Gasteiger partial charge on any atom is 0.246 e. The summed E-state index contributed by atoms with van der Waals surface area (Å²) in [5.41, 5.74) is 5.77. The van der Waals surface area contributed by atoms with E-state index >= 15 is 0 Å². The maximum atomic E-state index is 6.25. The zero-order chi connectivity index (χ0) is 12.0. The van der Waals surface area contributed by atoms with E-state index in [-0.39, 0.29) is 6.10 Å². The molecular weight excluding hydrogens is 218 g/mol. The summed E-state index contributed by atoms with van der Waals surface area (Å²) in [6.45, 7) is 1.97. The third kappa shape index (κ3) is 1.98. The van der Waals surface area contributed by atoms with Crippen LogP contribution in [-0.4, -0.2) is 17.3 Å². The highest BCUT2D eigenvalue weighted by Gasteiger charge is 2.45. The maximum absolute atomic E-state index is 6.25. The third-order valence-electron chi connectivity index (χ3n) is 3.89. The first-order chi connectivity index (χ1) is 8.13. The monoisotopic (exact) mass is 237 g/mol. The summed E-state index contributed by atoms with van der Waals surface area (Å²) in [7, 11) is 1.70. The number of ether oxygens (including phenoxy) is 1. The number of nitrogens with zero attached hydrogens (tertiary/aromatic N) is 2. The molecule has 0 aromatic carbocycles. The van der Waals surface area contributed by atoms with E-state index in [0.717, 1.165) is 12.8 Å². The lowest BCUT2D eigenvalue weighted by Gasteiger charge is -2.18. The van der Waals surface area contributed by atoms with Gasteiger partial charge in [0.1, 0.15) is 6.10 Å². The summed E-state index contributed by atoms with van der Waals surface area (Å²) in [5.74, 6) is 2.24. The average Bonchev–Trinajstić information content (AvgIpc) is 3.17. The molecule has 0 amide bonds. The van der Waals surface area contributed by atoms with Gasteiger partial charge in [-0.2, -0.15) is 4.98 Å². The van der Waals surface area contributed by atoms with Gasteiger partial charge in [0.05, 0.1) is 5.54 Å². The van der Waals surface area contributed by atoms with Gasteiger partial charge in [-0.05, 0) is 44.4 Å². The Morgan fingerprint density at radius 2 is 2.12 bits per heavy atom. The van der Waals surface area contributed by atoms with E-state index in [0.29, 0.717) is 23.6 Å². The molecule has 0 saturated heterocycles. The molecular formula is C12H19N3O2. The summed E-state index contributed by atoms with van der Waals surface area (Å²) in [6.07, 6.45) is 4.65. The Morgan fingerprint density at radius 3 is 2.65 bits per heavy atom. The Kier molecular flexibility index (Phi) is 2.48. The molecule has 2 atom stereocenters. The molecule has 0 aliphatic heterocycles. The molecule has 2 saturated carbocycles. The van der Waals surface area contributed by atoms with Gasteiger partial charge in [0.2, 0.25) is 11.7 Å². The van der Waals surface area contributed by atoms with Crippen LogP contribution < -0.4 is 5.73 Å². The largest absolute Gasteiger partial charge is 0.373 e. The molecule has 1 heterocycles. The Labute approximate surface area is 101 Å². The van der Waals surface area contributed by atoms with Gasteiger partial charge in [0.25, 0.3) is 0 Å². The summed E-state index contributed by atoms with van der Waals surface area (Å²) in [6, 6.07) is 0. The fourth-order valence-electron chi connectivity index (χ4n) is 2.33. The summed E-state index contributed by atoms with van der Waals surface area (Å²) in [5, 5.41) is 4.03. The first-order valence-electron chi connectivity index (χ1n) is 6.28. The normalized spacial score (nSPS) is 25.6. The highest BCUT2D eigenvalue weighted by atomic mass is 16.5. The third-order valence-corrected chi connectivity index (χ3v) is 3.89. The number of methoxy groups -OCH3 is 1. The molecule has 0 radical (unpaired) electrons. The van der Waals surface area contributed by atoms with E-state index in [2.05, 4.69) is 10.1 Å². The van der Waals surface area contributed by atoms with Crippen molar-refractivity contribution < 1.29 is 9.26 Å². The van der Waals surface area contributed by atoms with E-state index < -0.39 is 5.54 Å². The Hall–Kier alpha value is -0.940. The van der Waals surface area contributed by atoms with Gasteiger partial charge in [0.15, 0.2) is 0 Å². The fourth-order valence-corrected chi connectivity index (χ4v) is 2.33. The number of hydrogen-bond acceptors (Lipinski definition) is 5. The topological polar surface area (TPSA) is 74.2 Å².